The first-order chi connectivity index (χ1) is 17.1. The first-order valence-electron chi connectivity index (χ1n) is 10.7. The van der Waals surface area contributed by atoms with Gasteiger partial charge in [0.2, 0.25) is 5.13 Å². The van der Waals surface area contributed by atoms with Gasteiger partial charge in [0.05, 0.1) is 25.5 Å². The van der Waals surface area contributed by atoms with Gasteiger partial charge in [-0.3, -0.25) is 4.79 Å². The third-order valence-electron chi connectivity index (χ3n) is 5.46. The predicted octanol–water partition coefficient (Wildman–Crippen LogP) is 6.42. The molecule has 0 radical (unpaired) electrons. The molecule has 1 aliphatic heterocycles. The Labute approximate surface area is 215 Å². The fourth-order valence-corrected chi connectivity index (χ4v) is 4.75. The van der Waals surface area contributed by atoms with Crippen molar-refractivity contribution in [1.29, 1.82) is 0 Å². The molecule has 35 heavy (non-hydrogen) atoms. The van der Waals surface area contributed by atoms with Crippen molar-refractivity contribution in [3.63, 3.8) is 0 Å². The highest BCUT2D eigenvalue weighted by Crippen LogP contribution is 2.34. The second-order valence-electron chi connectivity index (χ2n) is 7.63. The van der Waals surface area contributed by atoms with Crippen LogP contribution in [0.1, 0.15) is 11.1 Å². The van der Waals surface area contributed by atoms with Crippen LogP contribution in [0.3, 0.4) is 0 Å². The van der Waals surface area contributed by atoms with E-state index in [1.165, 1.54) is 16.3 Å². The van der Waals surface area contributed by atoms with Gasteiger partial charge in [-0.15, -0.1) is 11.3 Å². The normalized spacial score (nSPS) is 14.4. The molecule has 0 saturated heterocycles. The minimum absolute atomic E-state index is 0.240. The lowest BCUT2D eigenvalue weighted by molar-refractivity contribution is -0.114. The highest BCUT2D eigenvalue weighted by Gasteiger charge is 2.33. The zero-order valence-electron chi connectivity index (χ0n) is 18.9. The molecule has 1 aliphatic rings. The van der Waals surface area contributed by atoms with Gasteiger partial charge in [0.1, 0.15) is 5.71 Å². The first kappa shape index (κ1) is 23.0. The van der Waals surface area contributed by atoms with Crippen molar-refractivity contribution in [2.45, 2.75) is 0 Å². The van der Waals surface area contributed by atoms with Crippen LogP contribution in [0.2, 0.25) is 0 Å². The number of ether oxygens (including phenoxy) is 2. The van der Waals surface area contributed by atoms with Gasteiger partial charge in [0.15, 0.2) is 11.5 Å². The van der Waals surface area contributed by atoms with E-state index >= 15 is 0 Å². The number of carbonyl (C=O) groups is 1. The van der Waals surface area contributed by atoms with Crippen molar-refractivity contribution < 1.29 is 14.3 Å². The fourth-order valence-electron chi connectivity index (χ4n) is 3.71. The van der Waals surface area contributed by atoms with E-state index in [1.807, 2.05) is 84.3 Å². The molecule has 0 atom stereocenters. The summed E-state index contributed by atoms with van der Waals surface area (Å²) in [5, 5.41) is 8.52. The molecule has 0 bridgehead atoms. The van der Waals surface area contributed by atoms with Crippen LogP contribution in [-0.4, -0.2) is 30.8 Å². The standard InChI is InChI=1S/C27H20BrN3O3S/c1-33-23-13-8-17(15-24(23)34-2)14-21-25(19-6-4-3-5-7-19)30-31(26(21)32)27-29-22(16-35-27)18-9-11-20(28)12-10-18/h3-16H,1-2H3/b21-14-. The number of thiazole rings is 1. The van der Waals surface area contributed by atoms with E-state index in [4.69, 9.17) is 19.6 Å². The molecular formula is C27H20BrN3O3S. The maximum atomic E-state index is 13.6. The minimum atomic E-state index is -0.240. The number of hydrazone groups is 1. The van der Waals surface area contributed by atoms with E-state index in [1.54, 1.807) is 14.2 Å². The summed E-state index contributed by atoms with van der Waals surface area (Å²) in [4.78, 5) is 18.3. The van der Waals surface area contributed by atoms with Gasteiger partial charge in [-0.2, -0.15) is 10.1 Å². The van der Waals surface area contributed by atoms with Crippen LogP contribution in [0, 0.1) is 0 Å². The van der Waals surface area contributed by atoms with Crippen molar-refractivity contribution in [2.75, 3.05) is 19.2 Å². The Morgan fingerprint density at radius 2 is 1.66 bits per heavy atom. The average Bonchev–Trinajstić information content (AvgIpc) is 3.50. The number of methoxy groups -OCH3 is 2. The summed E-state index contributed by atoms with van der Waals surface area (Å²) in [7, 11) is 3.17. The summed E-state index contributed by atoms with van der Waals surface area (Å²) in [6, 6.07) is 23.1. The van der Waals surface area contributed by atoms with Crippen molar-refractivity contribution in [1.82, 2.24) is 4.98 Å². The van der Waals surface area contributed by atoms with Gasteiger partial charge in [-0.25, -0.2) is 4.98 Å². The Morgan fingerprint density at radius 1 is 0.914 bits per heavy atom. The van der Waals surface area contributed by atoms with Gasteiger partial charge >= 0.3 is 0 Å². The number of rotatable bonds is 6. The fraction of sp³-hybridized carbons (Fsp3) is 0.0741. The Bertz CT molecular complexity index is 1450. The lowest BCUT2D eigenvalue weighted by Crippen LogP contribution is -2.21. The minimum Gasteiger partial charge on any atom is -0.493 e. The molecule has 2 heterocycles. The number of aromatic nitrogens is 1. The molecule has 1 amide bonds. The number of hydrogen-bond acceptors (Lipinski definition) is 6. The molecule has 0 fully saturated rings. The smallest absolute Gasteiger partial charge is 0.283 e. The third kappa shape index (κ3) is 4.62. The second kappa shape index (κ2) is 9.85. The molecule has 1 aromatic heterocycles. The number of benzene rings is 3. The number of amides is 1. The predicted molar refractivity (Wildman–Crippen MR) is 143 cm³/mol. The summed E-state index contributed by atoms with van der Waals surface area (Å²) in [6.45, 7) is 0. The van der Waals surface area contributed by atoms with Crippen molar-refractivity contribution >= 4 is 50.1 Å². The van der Waals surface area contributed by atoms with Crippen molar-refractivity contribution in [3.8, 4) is 22.8 Å². The van der Waals surface area contributed by atoms with Gasteiger partial charge < -0.3 is 9.47 Å². The molecule has 4 aromatic rings. The molecule has 6 nitrogen and oxygen atoms in total. The molecule has 0 saturated carbocycles. The monoisotopic (exact) mass is 545 g/mol. The second-order valence-corrected chi connectivity index (χ2v) is 9.38. The molecular weight excluding hydrogens is 526 g/mol. The molecule has 8 heteroatoms. The number of carbonyl (C=O) groups excluding carboxylic acids is 1. The maximum absolute atomic E-state index is 13.6. The van der Waals surface area contributed by atoms with Crippen LogP contribution in [0.15, 0.2) is 93.3 Å². The molecule has 0 aliphatic carbocycles. The van der Waals surface area contributed by atoms with Gasteiger partial charge in [0, 0.05) is 21.0 Å². The van der Waals surface area contributed by atoms with Crippen LogP contribution in [0.25, 0.3) is 17.3 Å². The maximum Gasteiger partial charge on any atom is 0.283 e. The van der Waals surface area contributed by atoms with Gasteiger partial charge in [-0.05, 0) is 35.9 Å². The summed E-state index contributed by atoms with van der Waals surface area (Å²) in [6.07, 6.45) is 1.82. The van der Waals surface area contributed by atoms with Gasteiger partial charge in [-0.1, -0.05) is 64.5 Å². The molecule has 174 valence electrons. The largest absolute Gasteiger partial charge is 0.493 e. The Balaban J connectivity index is 1.55. The molecule has 0 unspecified atom stereocenters. The molecule has 5 rings (SSSR count). The summed E-state index contributed by atoms with van der Waals surface area (Å²) >= 11 is 4.83. The topological polar surface area (TPSA) is 64.0 Å². The summed E-state index contributed by atoms with van der Waals surface area (Å²) < 4.78 is 11.8. The summed E-state index contributed by atoms with van der Waals surface area (Å²) in [5.41, 5.74) is 4.47. The summed E-state index contributed by atoms with van der Waals surface area (Å²) in [5.74, 6) is 0.964. The zero-order valence-corrected chi connectivity index (χ0v) is 21.3. The number of nitrogens with zero attached hydrogens (tertiary/aromatic N) is 3. The van der Waals surface area contributed by atoms with Crippen molar-refractivity contribution in [3.05, 3.63) is 99.3 Å². The Hall–Kier alpha value is -3.75. The van der Waals surface area contributed by atoms with E-state index in [9.17, 15) is 4.79 Å². The average molecular weight is 546 g/mol. The highest BCUT2D eigenvalue weighted by atomic mass is 79.9. The number of hydrogen-bond donors (Lipinski definition) is 0. The van der Waals surface area contributed by atoms with Crippen LogP contribution >= 0.6 is 27.3 Å². The van der Waals surface area contributed by atoms with Crippen LogP contribution in [0.4, 0.5) is 5.13 Å². The number of halogens is 1. The lowest BCUT2D eigenvalue weighted by atomic mass is 10.00. The van der Waals surface area contributed by atoms with E-state index < -0.39 is 0 Å². The number of anilines is 1. The van der Waals surface area contributed by atoms with Gasteiger partial charge in [0.25, 0.3) is 5.91 Å². The van der Waals surface area contributed by atoms with E-state index in [0.29, 0.717) is 27.9 Å². The molecule has 0 spiro atoms. The van der Waals surface area contributed by atoms with Crippen LogP contribution < -0.4 is 14.5 Å². The van der Waals surface area contributed by atoms with Crippen LogP contribution in [-0.2, 0) is 4.79 Å². The van der Waals surface area contributed by atoms with E-state index in [2.05, 4.69) is 15.9 Å². The molecule has 3 aromatic carbocycles. The van der Waals surface area contributed by atoms with E-state index in [-0.39, 0.29) is 5.91 Å². The molecule has 0 N–H and O–H groups in total. The lowest BCUT2D eigenvalue weighted by Gasteiger charge is -2.09. The zero-order chi connectivity index (χ0) is 24.4. The Morgan fingerprint density at radius 3 is 2.37 bits per heavy atom. The highest BCUT2D eigenvalue weighted by molar-refractivity contribution is 9.10. The van der Waals surface area contributed by atoms with E-state index in [0.717, 1.165) is 26.9 Å². The SMILES string of the molecule is COc1ccc(/C=C2\C(=O)N(c3nc(-c4ccc(Br)cc4)cs3)N=C2c2ccccc2)cc1OC. The quantitative estimate of drug-likeness (QED) is 0.262. The van der Waals surface area contributed by atoms with Crippen molar-refractivity contribution in [2.24, 2.45) is 5.10 Å². The third-order valence-corrected chi connectivity index (χ3v) is 6.80. The van der Waals surface area contributed by atoms with Crippen LogP contribution in [0.5, 0.6) is 11.5 Å². The Kier molecular flexibility index (Phi) is 6.48. The first-order valence-corrected chi connectivity index (χ1v) is 12.4.